The van der Waals surface area contributed by atoms with Gasteiger partial charge in [0.05, 0.1) is 22.9 Å². The van der Waals surface area contributed by atoms with Gasteiger partial charge < -0.3 is 35.8 Å². The molecule has 238 valence electrons. The van der Waals surface area contributed by atoms with Gasteiger partial charge in [-0.1, -0.05) is 17.7 Å². The predicted octanol–water partition coefficient (Wildman–Crippen LogP) is 3.75. The third-order valence-electron chi connectivity index (χ3n) is 9.53. The molecule has 2 aromatic rings. The number of fused-ring (bicyclic) bond motifs is 1. The van der Waals surface area contributed by atoms with Crippen LogP contribution in [-0.2, 0) is 22.5 Å². The van der Waals surface area contributed by atoms with E-state index in [1.165, 1.54) is 0 Å². The molecule has 4 aliphatic heterocycles. The number of aryl methyl sites for hydroxylation is 1. The van der Waals surface area contributed by atoms with Crippen LogP contribution in [0, 0.1) is 6.92 Å². The van der Waals surface area contributed by atoms with Crippen molar-refractivity contribution in [2.24, 2.45) is 0 Å². The third kappa shape index (κ3) is 6.78. The van der Waals surface area contributed by atoms with Crippen LogP contribution >= 0.6 is 22.9 Å². The fourth-order valence-electron chi connectivity index (χ4n) is 6.89. The molecule has 3 saturated heterocycles. The molecular formula is C31H42ClN7O4S. The summed E-state index contributed by atoms with van der Waals surface area (Å²) in [5.74, 6) is -0.172. The van der Waals surface area contributed by atoms with E-state index >= 15 is 0 Å². The van der Waals surface area contributed by atoms with Crippen molar-refractivity contribution in [3.8, 4) is 0 Å². The Kier molecular flexibility index (Phi) is 9.51. The van der Waals surface area contributed by atoms with Crippen molar-refractivity contribution in [1.29, 1.82) is 0 Å². The number of rotatable bonds is 6. The van der Waals surface area contributed by atoms with E-state index in [0.717, 1.165) is 61.4 Å². The first-order valence-electron chi connectivity index (χ1n) is 15.6. The highest BCUT2D eigenvalue weighted by molar-refractivity contribution is 7.08. The summed E-state index contributed by atoms with van der Waals surface area (Å²) in [4.78, 5) is 48.0. The smallest absolute Gasteiger partial charge is 0.410 e. The fraction of sp³-hybridized carbons (Fsp3) is 0.581. The summed E-state index contributed by atoms with van der Waals surface area (Å²) in [6, 6.07) is 4.06. The standard InChI is InChI=1S/C31H42ClN7O4S/c1-20-14-21(15-25(32)28(20)33)16-27(29(40)37-8-2-23(3-9-37)36-12-6-34-7-13-36)43-31(42)38-10-4-24(5-11-38)39-17-22-18-44-19-26(22)35-30(39)41/h14-15,18-19,23-24,27,34H,2-13,16-17,33H2,1H3,(H,35,41)/t27-/m1/s1. The Morgan fingerprint density at radius 3 is 2.41 bits per heavy atom. The topological polar surface area (TPSA) is 123 Å². The predicted molar refractivity (Wildman–Crippen MR) is 172 cm³/mol. The average molecular weight is 644 g/mol. The van der Waals surface area contributed by atoms with Crippen LogP contribution in [0.4, 0.5) is 21.0 Å². The van der Waals surface area contributed by atoms with Gasteiger partial charge in [-0.05, 0) is 55.2 Å². The minimum Gasteiger partial charge on any atom is -0.436 e. The number of hydrogen-bond acceptors (Lipinski definition) is 8. The zero-order valence-corrected chi connectivity index (χ0v) is 26.8. The van der Waals surface area contributed by atoms with Crippen LogP contribution in [0.15, 0.2) is 22.9 Å². The number of nitrogen functional groups attached to an aromatic ring is 1. The first-order valence-corrected chi connectivity index (χ1v) is 16.9. The number of nitrogens with two attached hydrogens (primary N) is 1. The molecule has 0 unspecified atom stereocenters. The maximum absolute atomic E-state index is 13.9. The van der Waals surface area contributed by atoms with E-state index < -0.39 is 12.2 Å². The summed E-state index contributed by atoms with van der Waals surface area (Å²) in [5.41, 5.74) is 10.2. The maximum Gasteiger partial charge on any atom is 0.410 e. The number of ether oxygens (including phenoxy) is 1. The number of piperidine rings is 2. The van der Waals surface area contributed by atoms with E-state index in [1.54, 1.807) is 22.3 Å². The molecule has 1 atom stereocenters. The Balaban J connectivity index is 1.09. The first kappa shape index (κ1) is 30.9. The molecule has 4 N–H and O–H groups in total. The minimum atomic E-state index is -0.972. The second kappa shape index (κ2) is 13.5. The highest BCUT2D eigenvalue weighted by atomic mass is 35.5. The summed E-state index contributed by atoms with van der Waals surface area (Å²) >= 11 is 7.96. The number of nitrogens with one attached hydrogen (secondary N) is 2. The molecule has 44 heavy (non-hydrogen) atoms. The van der Waals surface area contributed by atoms with Gasteiger partial charge in [0, 0.05) is 81.8 Å². The molecule has 6 rings (SSSR count). The SMILES string of the molecule is Cc1cc(C[C@@H](OC(=O)N2CCC(N3Cc4cscc4NC3=O)CC2)C(=O)N2CCC(N3CCNCC3)CC2)cc(Cl)c1N. The van der Waals surface area contributed by atoms with Gasteiger partial charge in [-0.15, -0.1) is 11.3 Å². The summed E-state index contributed by atoms with van der Waals surface area (Å²) in [5, 5.41) is 10.8. The molecule has 13 heteroatoms. The van der Waals surface area contributed by atoms with E-state index in [9.17, 15) is 14.4 Å². The van der Waals surface area contributed by atoms with Crippen LogP contribution in [0.5, 0.6) is 0 Å². The van der Waals surface area contributed by atoms with Gasteiger partial charge in [0.25, 0.3) is 5.91 Å². The highest BCUT2D eigenvalue weighted by Crippen LogP contribution is 2.31. The van der Waals surface area contributed by atoms with Crippen LogP contribution < -0.4 is 16.4 Å². The lowest BCUT2D eigenvalue weighted by Gasteiger charge is -2.41. The number of piperazine rings is 1. The van der Waals surface area contributed by atoms with E-state index in [1.807, 2.05) is 28.2 Å². The maximum atomic E-state index is 13.9. The average Bonchev–Trinajstić information content (AvgIpc) is 3.50. The lowest BCUT2D eigenvalue weighted by atomic mass is 9.99. The molecule has 0 radical (unpaired) electrons. The molecule has 4 amide bonds. The zero-order valence-electron chi connectivity index (χ0n) is 25.2. The lowest BCUT2D eigenvalue weighted by molar-refractivity contribution is -0.142. The second-order valence-electron chi connectivity index (χ2n) is 12.3. The summed E-state index contributed by atoms with van der Waals surface area (Å²) in [7, 11) is 0. The third-order valence-corrected chi connectivity index (χ3v) is 10.6. The van der Waals surface area contributed by atoms with Gasteiger partial charge in [-0.2, -0.15) is 0 Å². The van der Waals surface area contributed by atoms with Gasteiger partial charge in [-0.25, -0.2) is 9.59 Å². The zero-order chi connectivity index (χ0) is 30.8. The summed E-state index contributed by atoms with van der Waals surface area (Å²) in [6.07, 6.45) is 1.85. The molecule has 1 aromatic carbocycles. The van der Waals surface area contributed by atoms with Crippen molar-refractivity contribution < 1.29 is 19.1 Å². The van der Waals surface area contributed by atoms with Crippen LogP contribution in [0.1, 0.15) is 42.4 Å². The van der Waals surface area contributed by atoms with Crippen molar-refractivity contribution >= 4 is 52.3 Å². The number of carbonyl (C=O) groups excluding carboxylic acids is 3. The van der Waals surface area contributed by atoms with Gasteiger partial charge in [-0.3, -0.25) is 9.69 Å². The van der Waals surface area contributed by atoms with Gasteiger partial charge in [0.1, 0.15) is 0 Å². The van der Waals surface area contributed by atoms with Crippen molar-refractivity contribution in [3.63, 3.8) is 0 Å². The van der Waals surface area contributed by atoms with Crippen LogP contribution in [-0.4, -0.2) is 108 Å². The summed E-state index contributed by atoms with van der Waals surface area (Å²) in [6.45, 7) is 8.69. The Morgan fingerprint density at radius 2 is 1.70 bits per heavy atom. The molecule has 0 saturated carbocycles. The Labute approximate surface area is 267 Å². The number of amides is 4. The van der Waals surface area contributed by atoms with Crippen molar-refractivity contribution in [3.05, 3.63) is 44.6 Å². The molecule has 0 spiro atoms. The van der Waals surface area contributed by atoms with E-state index in [2.05, 4.69) is 20.9 Å². The van der Waals surface area contributed by atoms with Crippen LogP contribution in [0.2, 0.25) is 5.02 Å². The Bertz CT molecular complexity index is 1340. The molecule has 3 fully saturated rings. The Morgan fingerprint density at radius 1 is 1.02 bits per heavy atom. The molecule has 11 nitrogen and oxygen atoms in total. The molecule has 4 aliphatic rings. The monoisotopic (exact) mass is 643 g/mol. The van der Waals surface area contributed by atoms with Crippen LogP contribution in [0.25, 0.3) is 0 Å². The highest BCUT2D eigenvalue weighted by Gasteiger charge is 2.37. The lowest BCUT2D eigenvalue weighted by Crippen LogP contribution is -2.54. The quantitative estimate of drug-likeness (QED) is 0.410. The number of benzene rings is 1. The van der Waals surface area contributed by atoms with E-state index in [4.69, 9.17) is 22.1 Å². The molecule has 5 heterocycles. The second-order valence-corrected chi connectivity index (χ2v) is 13.5. The number of halogens is 1. The van der Waals surface area contributed by atoms with Gasteiger partial charge >= 0.3 is 12.1 Å². The molecular weight excluding hydrogens is 602 g/mol. The van der Waals surface area contributed by atoms with Crippen molar-refractivity contribution in [2.75, 3.05) is 63.4 Å². The van der Waals surface area contributed by atoms with E-state index in [-0.39, 0.29) is 24.4 Å². The normalized spacial score (nSPS) is 21.1. The van der Waals surface area contributed by atoms with E-state index in [0.29, 0.717) is 62.3 Å². The number of anilines is 2. The molecule has 0 aliphatic carbocycles. The first-order chi connectivity index (χ1) is 21.3. The number of nitrogens with zero attached hydrogens (tertiary/aromatic N) is 4. The minimum absolute atomic E-state index is 0.0291. The number of hydrogen-bond donors (Lipinski definition) is 3. The largest absolute Gasteiger partial charge is 0.436 e. The van der Waals surface area contributed by atoms with Crippen molar-refractivity contribution in [1.82, 2.24) is 24.9 Å². The number of likely N-dealkylation sites (tertiary alicyclic amines) is 2. The number of carbonyl (C=O) groups is 3. The van der Waals surface area contributed by atoms with Gasteiger partial charge in [0.15, 0.2) is 6.10 Å². The fourth-order valence-corrected chi connectivity index (χ4v) is 7.96. The number of urea groups is 1. The summed E-state index contributed by atoms with van der Waals surface area (Å²) < 4.78 is 6.01. The van der Waals surface area contributed by atoms with Gasteiger partial charge in [0.2, 0.25) is 0 Å². The number of thiophene rings is 1. The van der Waals surface area contributed by atoms with Crippen molar-refractivity contribution in [2.45, 2.75) is 63.8 Å². The molecule has 0 bridgehead atoms. The molecule has 1 aromatic heterocycles. The van der Waals surface area contributed by atoms with Crippen LogP contribution in [0.3, 0.4) is 0 Å². The Hall–Kier alpha value is -3.06.